The van der Waals surface area contributed by atoms with E-state index in [0.29, 0.717) is 5.82 Å². The molecule has 144 valence electrons. The van der Waals surface area contributed by atoms with E-state index >= 15 is 0 Å². The van der Waals surface area contributed by atoms with E-state index in [2.05, 4.69) is 20.5 Å². The van der Waals surface area contributed by atoms with E-state index in [1.165, 1.54) is 24.4 Å². The monoisotopic (exact) mass is 400 g/mol. The molecule has 0 atom stereocenters. The van der Waals surface area contributed by atoms with Gasteiger partial charge in [-0.15, -0.1) is 17.5 Å². The summed E-state index contributed by atoms with van der Waals surface area (Å²) in [4.78, 5) is 4.27. The SMILES string of the molecule is Cl.NC1(c2noc(-c3cn(-c4ccccc4C(F)(F)F)nn3)n2)CCCC1. The van der Waals surface area contributed by atoms with Crippen molar-refractivity contribution in [2.45, 2.75) is 37.4 Å². The second-order valence-corrected chi connectivity index (χ2v) is 6.35. The molecule has 1 saturated carbocycles. The molecule has 0 unspecified atom stereocenters. The Labute approximate surface area is 158 Å². The lowest BCUT2D eigenvalue weighted by Gasteiger charge is -2.17. The number of hydrogen-bond donors (Lipinski definition) is 1. The number of aromatic nitrogens is 5. The summed E-state index contributed by atoms with van der Waals surface area (Å²) in [6.07, 6.45) is 0.319. The Kier molecular flexibility index (Phi) is 4.96. The van der Waals surface area contributed by atoms with Crippen LogP contribution in [0.25, 0.3) is 17.3 Å². The lowest BCUT2D eigenvalue weighted by atomic mass is 9.99. The van der Waals surface area contributed by atoms with Crippen molar-refractivity contribution in [3.8, 4) is 17.3 Å². The number of alkyl halides is 3. The molecule has 0 amide bonds. The van der Waals surface area contributed by atoms with Gasteiger partial charge in [0.05, 0.1) is 23.0 Å². The highest BCUT2D eigenvalue weighted by atomic mass is 35.5. The molecular formula is C16H16ClF3N6O. The van der Waals surface area contributed by atoms with Crippen LogP contribution >= 0.6 is 12.4 Å². The second kappa shape index (κ2) is 6.93. The third-order valence-corrected chi connectivity index (χ3v) is 4.54. The van der Waals surface area contributed by atoms with Crippen molar-refractivity contribution in [1.82, 2.24) is 25.1 Å². The first kappa shape index (κ1) is 19.3. The molecule has 4 rings (SSSR count). The molecule has 27 heavy (non-hydrogen) atoms. The van der Waals surface area contributed by atoms with Gasteiger partial charge in [-0.05, 0) is 25.0 Å². The number of hydrogen-bond acceptors (Lipinski definition) is 6. The van der Waals surface area contributed by atoms with Crippen LogP contribution in [0.15, 0.2) is 35.0 Å². The molecular weight excluding hydrogens is 385 g/mol. The topological polar surface area (TPSA) is 95.7 Å². The van der Waals surface area contributed by atoms with Crippen LogP contribution in [0.5, 0.6) is 0 Å². The van der Waals surface area contributed by atoms with Crippen LogP contribution in [0.1, 0.15) is 37.1 Å². The number of benzene rings is 1. The number of halogens is 4. The van der Waals surface area contributed by atoms with Crippen LogP contribution in [0.4, 0.5) is 13.2 Å². The average Bonchev–Trinajstić information content (AvgIpc) is 3.34. The second-order valence-electron chi connectivity index (χ2n) is 6.35. The summed E-state index contributed by atoms with van der Waals surface area (Å²) in [7, 11) is 0. The van der Waals surface area contributed by atoms with Crippen LogP contribution in [0.3, 0.4) is 0 Å². The molecule has 1 fully saturated rings. The smallest absolute Gasteiger partial charge is 0.332 e. The highest BCUT2D eigenvalue weighted by molar-refractivity contribution is 5.85. The largest absolute Gasteiger partial charge is 0.418 e. The zero-order valence-corrected chi connectivity index (χ0v) is 14.8. The Morgan fingerprint density at radius 1 is 1.15 bits per heavy atom. The molecule has 0 bridgehead atoms. The molecule has 2 N–H and O–H groups in total. The highest BCUT2D eigenvalue weighted by Crippen LogP contribution is 2.36. The lowest BCUT2D eigenvalue weighted by Crippen LogP contribution is -2.34. The molecule has 2 aromatic heterocycles. The Balaban J connectivity index is 0.00000210. The van der Waals surface area contributed by atoms with Gasteiger partial charge in [0.1, 0.15) is 0 Å². The van der Waals surface area contributed by atoms with Crippen molar-refractivity contribution >= 4 is 12.4 Å². The lowest BCUT2D eigenvalue weighted by molar-refractivity contribution is -0.137. The molecule has 2 heterocycles. The molecule has 11 heteroatoms. The van der Waals surface area contributed by atoms with Crippen molar-refractivity contribution in [2.75, 3.05) is 0 Å². The van der Waals surface area contributed by atoms with Crippen molar-refractivity contribution < 1.29 is 17.7 Å². The Morgan fingerprint density at radius 3 is 2.56 bits per heavy atom. The predicted octanol–water partition coefficient (Wildman–Crippen LogP) is 3.49. The third-order valence-electron chi connectivity index (χ3n) is 4.54. The molecule has 0 aliphatic heterocycles. The van der Waals surface area contributed by atoms with E-state index in [-0.39, 0.29) is 29.7 Å². The van der Waals surface area contributed by atoms with Crippen LogP contribution in [-0.2, 0) is 11.7 Å². The van der Waals surface area contributed by atoms with Gasteiger partial charge in [0.25, 0.3) is 5.89 Å². The fourth-order valence-corrected chi connectivity index (χ4v) is 3.15. The van der Waals surface area contributed by atoms with Gasteiger partial charge in [0, 0.05) is 0 Å². The molecule has 0 saturated heterocycles. The van der Waals surface area contributed by atoms with Crippen molar-refractivity contribution in [2.24, 2.45) is 5.73 Å². The molecule has 1 aliphatic carbocycles. The summed E-state index contributed by atoms with van der Waals surface area (Å²) < 4.78 is 45.7. The summed E-state index contributed by atoms with van der Waals surface area (Å²) in [6.45, 7) is 0. The summed E-state index contributed by atoms with van der Waals surface area (Å²) in [5, 5.41) is 11.5. The highest BCUT2D eigenvalue weighted by Gasteiger charge is 2.37. The maximum Gasteiger partial charge on any atom is 0.418 e. The van der Waals surface area contributed by atoms with Gasteiger partial charge < -0.3 is 10.3 Å². The van der Waals surface area contributed by atoms with Crippen LogP contribution < -0.4 is 5.73 Å². The first-order valence-corrected chi connectivity index (χ1v) is 8.09. The number of nitrogens with zero attached hydrogens (tertiary/aromatic N) is 5. The molecule has 1 aromatic carbocycles. The van der Waals surface area contributed by atoms with Gasteiger partial charge in [-0.1, -0.05) is 35.3 Å². The zero-order valence-electron chi connectivity index (χ0n) is 14.0. The first-order chi connectivity index (χ1) is 12.4. The quantitative estimate of drug-likeness (QED) is 0.723. The number of rotatable bonds is 3. The third kappa shape index (κ3) is 3.54. The average molecular weight is 401 g/mol. The summed E-state index contributed by atoms with van der Waals surface area (Å²) in [5.74, 6) is 0.461. The maximum absolute atomic E-state index is 13.2. The molecule has 0 spiro atoms. The molecule has 1 aliphatic rings. The van der Waals surface area contributed by atoms with E-state index in [1.807, 2.05) is 0 Å². The minimum Gasteiger partial charge on any atom is -0.332 e. The van der Waals surface area contributed by atoms with E-state index in [0.717, 1.165) is 36.4 Å². The molecule has 7 nitrogen and oxygen atoms in total. The normalized spacial score (nSPS) is 16.3. The van der Waals surface area contributed by atoms with E-state index in [1.54, 1.807) is 0 Å². The van der Waals surface area contributed by atoms with E-state index in [9.17, 15) is 13.2 Å². The van der Waals surface area contributed by atoms with Crippen molar-refractivity contribution in [3.05, 3.63) is 41.9 Å². The van der Waals surface area contributed by atoms with Gasteiger partial charge in [-0.25, -0.2) is 4.68 Å². The van der Waals surface area contributed by atoms with Crippen molar-refractivity contribution in [3.63, 3.8) is 0 Å². The van der Waals surface area contributed by atoms with Gasteiger partial charge in [-0.2, -0.15) is 18.2 Å². The first-order valence-electron chi connectivity index (χ1n) is 8.09. The van der Waals surface area contributed by atoms with Gasteiger partial charge >= 0.3 is 6.18 Å². The van der Waals surface area contributed by atoms with Gasteiger partial charge in [-0.3, -0.25) is 0 Å². The number of nitrogens with two attached hydrogens (primary N) is 1. The zero-order chi connectivity index (χ0) is 18.4. The fourth-order valence-electron chi connectivity index (χ4n) is 3.15. The summed E-state index contributed by atoms with van der Waals surface area (Å²) >= 11 is 0. The minimum atomic E-state index is -4.51. The summed E-state index contributed by atoms with van der Waals surface area (Å²) in [5.41, 5.74) is 4.90. The van der Waals surface area contributed by atoms with Gasteiger partial charge in [0.2, 0.25) is 0 Å². The minimum absolute atomic E-state index is 0. The van der Waals surface area contributed by atoms with E-state index in [4.69, 9.17) is 10.3 Å². The maximum atomic E-state index is 13.2. The van der Waals surface area contributed by atoms with Crippen LogP contribution in [0.2, 0.25) is 0 Å². The molecule has 0 radical (unpaired) electrons. The summed E-state index contributed by atoms with van der Waals surface area (Å²) in [6, 6.07) is 5.11. The molecule has 3 aromatic rings. The van der Waals surface area contributed by atoms with Crippen LogP contribution in [-0.4, -0.2) is 25.1 Å². The number of para-hydroxylation sites is 1. The van der Waals surface area contributed by atoms with Crippen LogP contribution in [0, 0.1) is 0 Å². The predicted molar refractivity (Wildman–Crippen MR) is 91.2 cm³/mol. The Hall–Kier alpha value is -2.46. The van der Waals surface area contributed by atoms with Gasteiger partial charge in [0.15, 0.2) is 11.5 Å². The van der Waals surface area contributed by atoms with Crippen molar-refractivity contribution in [1.29, 1.82) is 0 Å². The van der Waals surface area contributed by atoms with E-state index < -0.39 is 17.3 Å². The Bertz CT molecular complexity index is 932. The standard InChI is InChI=1S/C16H15F3N6O.ClH/c17-16(18,19)10-5-1-2-6-12(10)25-9-11(22-24-25)13-21-14(23-26-13)15(20)7-3-4-8-15;/h1-2,5-6,9H,3-4,7-8,20H2;1H. The fraction of sp³-hybridized carbons (Fsp3) is 0.375. The Morgan fingerprint density at radius 2 is 1.85 bits per heavy atom.